The molecular formula is C13H12ClN3O. The van der Waals surface area contributed by atoms with Crippen molar-refractivity contribution >= 4 is 17.5 Å². The number of pyridine rings is 1. The number of nitrogens with zero attached hydrogens (tertiary/aromatic N) is 2. The number of halogens is 1. The van der Waals surface area contributed by atoms with Crippen molar-refractivity contribution in [2.24, 2.45) is 5.73 Å². The van der Waals surface area contributed by atoms with Gasteiger partial charge in [-0.05, 0) is 25.0 Å². The van der Waals surface area contributed by atoms with Crippen LogP contribution >= 0.6 is 11.6 Å². The van der Waals surface area contributed by atoms with Gasteiger partial charge in [-0.2, -0.15) is 0 Å². The number of nitrogens with two attached hydrogens (primary N) is 1. The summed E-state index contributed by atoms with van der Waals surface area (Å²) in [5, 5.41) is 0.449. The average Bonchev–Trinajstić information content (AvgIpc) is 2.88. The number of primary amides is 1. The highest BCUT2D eigenvalue weighted by atomic mass is 35.5. The molecule has 0 aromatic carbocycles. The first kappa shape index (κ1) is 11.3. The van der Waals surface area contributed by atoms with E-state index >= 15 is 0 Å². The van der Waals surface area contributed by atoms with Crippen molar-refractivity contribution in [3.8, 4) is 11.3 Å². The van der Waals surface area contributed by atoms with Crippen LogP contribution < -0.4 is 5.73 Å². The molecule has 0 radical (unpaired) electrons. The van der Waals surface area contributed by atoms with Crippen LogP contribution in [0.1, 0.15) is 22.5 Å². The molecule has 4 nitrogen and oxygen atoms in total. The van der Waals surface area contributed by atoms with Gasteiger partial charge < -0.3 is 10.3 Å². The van der Waals surface area contributed by atoms with Gasteiger partial charge in [-0.3, -0.25) is 9.78 Å². The Balaban J connectivity index is 2.28. The molecule has 0 bridgehead atoms. The van der Waals surface area contributed by atoms with Gasteiger partial charge in [-0.25, -0.2) is 0 Å². The predicted molar refractivity (Wildman–Crippen MR) is 69.5 cm³/mol. The van der Waals surface area contributed by atoms with E-state index < -0.39 is 5.91 Å². The fourth-order valence-corrected chi connectivity index (χ4v) is 2.99. The molecule has 0 saturated carbocycles. The molecule has 2 aromatic heterocycles. The molecule has 2 N–H and O–H groups in total. The lowest BCUT2D eigenvalue weighted by Crippen LogP contribution is -2.12. The normalized spacial score (nSPS) is 13.6. The Kier molecular flexibility index (Phi) is 2.59. The van der Waals surface area contributed by atoms with Crippen molar-refractivity contribution < 1.29 is 4.79 Å². The van der Waals surface area contributed by atoms with Crippen molar-refractivity contribution in [2.45, 2.75) is 19.4 Å². The molecule has 3 heterocycles. The SMILES string of the molecule is NC(=O)c1c(Cl)c(-c2cccnc2)n2c1CCC2. The van der Waals surface area contributed by atoms with Gasteiger partial charge in [0, 0.05) is 30.2 Å². The summed E-state index contributed by atoms with van der Waals surface area (Å²) in [6, 6.07) is 3.79. The van der Waals surface area contributed by atoms with Gasteiger partial charge in [0.25, 0.3) is 5.91 Å². The fraction of sp³-hybridized carbons (Fsp3) is 0.231. The summed E-state index contributed by atoms with van der Waals surface area (Å²) in [5.41, 5.74) is 8.61. The van der Waals surface area contributed by atoms with Crippen LogP contribution in [0, 0.1) is 0 Å². The molecule has 5 heteroatoms. The lowest BCUT2D eigenvalue weighted by atomic mass is 10.1. The van der Waals surface area contributed by atoms with Gasteiger partial charge in [0.05, 0.1) is 16.3 Å². The van der Waals surface area contributed by atoms with Gasteiger partial charge in [0.2, 0.25) is 0 Å². The van der Waals surface area contributed by atoms with Crippen LogP contribution in [0.3, 0.4) is 0 Å². The van der Waals surface area contributed by atoms with Gasteiger partial charge >= 0.3 is 0 Å². The summed E-state index contributed by atoms with van der Waals surface area (Å²) in [7, 11) is 0. The Labute approximate surface area is 109 Å². The number of hydrogen-bond donors (Lipinski definition) is 1. The highest BCUT2D eigenvalue weighted by Crippen LogP contribution is 2.38. The molecule has 0 fully saturated rings. The first-order valence-corrected chi connectivity index (χ1v) is 6.19. The van der Waals surface area contributed by atoms with Crippen LogP contribution in [0.5, 0.6) is 0 Å². The van der Waals surface area contributed by atoms with Gasteiger partial charge in [0.15, 0.2) is 0 Å². The maximum Gasteiger partial charge on any atom is 0.252 e. The second kappa shape index (κ2) is 4.14. The van der Waals surface area contributed by atoms with Crippen LogP contribution in [-0.2, 0) is 13.0 Å². The lowest BCUT2D eigenvalue weighted by molar-refractivity contribution is 0.0999. The first-order chi connectivity index (χ1) is 8.70. The van der Waals surface area contributed by atoms with Crippen molar-refractivity contribution in [1.82, 2.24) is 9.55 Å². The molecule has 0 spiro atoms. The van der Waals surface area contributed by atoms with E-state index in [2.05, 4.69) is 9.55 Å². The van der Waals surface area contributed by atoms with Crippen molar-refractivity contribution in [1.29, 1.82) is 0 Å². The van der Waals surface area contributed by atoms with Crippen LogP contribution in [0.15, 0.2) is 24.5 Å². The minimum absolute atomic E-state index is 0.449. The Morgan fingerprint density at radius 1 is 1.50 bits per heavy atom. The Morgan fingerprint density at radius 3 is 3.00 bits per heavy atom. The largest absolute Gasteiger partial charge is 0.365 e. The van der Waals surface area contributed by atoms with Crippen LogP contribution in [0.4, 0.5) is 0 Å². The topological polar surface area (TPSA) is 60.9 Å². The fourth-order valence-electron chi connectivity index (χ4n) is 2.58. The van der Waals surface area contributed by atoms with E-state index in [1.54, 1.807) is 12.4 Å². The third-order valence-electron chi connectivity index (χ3n) is 3.29. The van der Waals surface area contributed by atoms with E-state index in [1.807, 2.05) is 12.1 Å². The third kappa shape index (κ3) is 1.53. The molecule has 0 unspecified atom stereocenters. The second-order valence-electron chi connectivity index (χ2n) is 4.35. The van der Waals surface area contributed by atoms with E-state index in [9.17, 15) is 4.79 Å². The second-order valence-corrected chi connectivity index (χ2v) is 4.72. The van der Waals surface area contributed by atoms with Crippen molar-refractivity contribution in [2.75, 3.05) is 0 Å². The van der Waals surface area contributed by atoms with E-state index in [0.717, 1.165) is 36.3 Å². The smallest absolute Gasteiger partial charge is 0.252 e. The monoisotopic (exact) mass is 261 g/mol. The molecule has 0 aliphatic carbocycles. The first-order valence-electron chi connectivity index (χ1n) is 5.81. The van der Waals surface area contributed by atoms with E-state index in [0.29, 0.717) is 10.6 Å². The Bertz CT molecular complexity index is 619. The summed E-state index contributed by atoms with van der Waals surface area (Å²) >= 11 is 6.33. The zero-order valence-electron chi connectivity index (χ0n) is 9.69. The minimum Gasteiger partial charge on any atom is -0.365 e. The average molecular weight is 262 g/mol. The standard InChI is InChI=1S/C13H12ClN3O/c14-11-10(13(15)18)9-4-2-6-17(9)12(11)8-3-1-5-16-7-8/h1,3,5,7H,2,4,6H2,(H2,15,18). The predicted octanol–water partition coefficient (Wildman–Crippen LogP) is 2.25. The zero-order chi connectivity index (χ0) is 12.7. The lowest BCUT2D eigenvalue weighted by Gasteiger charge is -2.06. The van der Waals surface area contributed by atoms with Crippen LogP contribution in [0.2, 0.25) is 5.02 Å². The Morgan fingerprint density at radius 2 is 2.33 bits per heavy atom. The molecule has 1 amide bonds. The van der Waals surface area contributed by atoms with E-state index in [-0.39, 0.29) is 0 Å². The molecule has 0 atom stereocenters. The minimum atomic E-state index is -0.458. The van der Waals surface area contributed by atoms with Gasteiger partial charge in [-0.15, -0.1) is 0 Å². The van der Waals surface area contributed by atoms with Crippen LogP contribution in [0.25, 0.3) is 11.3 Å². The quantitative estimate of drug-likeness (QED) is 0.901. The summed E-state index contributed by atoms with van der Waals surface area (Å²) in [4.78, 5) is 15.6. The Hall–Kier alpha value is -1.81. The van der Waals surface area contributed by atoms with Crippen LogP contribution in [-0.4, -0.2) is 15.5 Å². The summed E-state index contributed by atoms with van der Waals surface area (Å²) in [6.45, 7) is 0.868. The number of rotatable bonds is 2. The molecule has 0 saturated heterocycles. The maximum atomic E-state index is 11.5. The van der Waals surface area contributed by atoms with E-state index in [1.165, 1.54) is 0 Å². The molecule has 3 rings (SSSR count). The van der Waals surface area contributed by atoms with Crippen molar-refractivity contribution in [3.05, 3.63) is 40.8 Å². The number of amides is 1. The number of fused-ring (bicyclic) bond motifs is 1. The summed E-state index contributed by atoms with van der Waals surface area (Å²) in [5.74, 6) is -0.458. The molecule has 92 valence electrons. The third-order valence-corrected chi connectivity index (χ3v) is 3.66. The number of carbonyl (C=O) groups excluding carboxylic acids is 1. The molecule has 2 aromatic rings. The molecule has 1 aliphatic rings. The molecule has 18 heavy (non-hydrogen) atoms. The van der Waals surface area contributed by atoms with Crippen molar-refractivity contribution in [3.63, 3.8) is 0 Å². The summed E-state index contributed by atoms with van der Waals surface area (Å²) in [6.07, 6.45) is 5.32. The zero-order valence-corrected chi connectivity index (χ0v) is 10.4. The highest BCUT2D eigenvalue weighted by molar-refractivity contribution is 6.36. The number of carbonyl (C=O) groups is 1. The maximum absolute atomic E-state index is 11.5. The van der Waals surface area contributed by atoms with Gasteiger partial charge in [-0.1, -0.05) is 11.6 Å². The number of hydrogen-bond acceptors (Lipinski definition) is 2. The van der Waals surface area contributed by atoms with E-state index in [4.69, 9.17) is 17.3 Å². The summed E-state index contributed by atoms with van der Waals surface area (Å²) < 4.78 is 2.08. The molecule has 1 aliphatic heterocycles. The molecular weight excluding hydrogens is 250 g/mol. The van der Waals surface area contributed by atoms with Gasteiger partial charge in [0.1, 0.15) is 0 Å². The number of aromatic nitrogens is 2. The highest BCUT2D eigenvalue weighted by Gasteiger charge is 2.28.